The van der Waals surface area contributed by atoms with Crippen LogP contribution in [0.15, 0.2) is 17.2 Å². The number of nitro groups is 1. The molecular weight excluding hydrogens is 271 g/mol. The van der Waals surface area contributed by atoms with Gasteiger partial charge in [-0.25, -0.2) is 0 Å². The molecule has 1 aromatic carbocycles. The lowest BCUT2D eigenvalue weighted by molar-refractivity contribution is -0.385. The Morgan fingerprint density at radius 1 is 1.47 bits per heavy atom. The zero-order valence-corrected chi connectivity index (χ0v) is 9.85. The second-order valence-corrected chi connectivity index (χ2v) is 3.61. The lowest BCUT2D eigenvalue weighted by atomic mass is 10.3. The molecule has 1 aromatic rings. The van der Waals surface area contributed by atoms with Gasteiger partial charge in [-0.3, -0.25) is 10.1 Å². The van der Waals surface area contributed by atoms with Crippen LogP contribution in [-0.2, 0) is 0 Å². The van der Waals surface area contributed by atoms with Gasteiger partial charge < -0.3 is 4.74 Å². The summed E-state index contributed by atoms with van der Waals surface area (Å²) in [5, 5.41) is 14.2. The maximum Gasteiger partial charge on any atom is 0.312 e. The molecule has 0 radical (unpaired) electrons. The highest BCUT2D eigenvalue weighted by molar-refractivity contribution is 6.42. The van der Waals surface area contributed by atoms with Crippen LogP contribution in [0.25, 0.3) is 10.4 Å². The van der Waals surface area contributed by atoms with Crippen LogP contribution in [-0.4, -0.2) is 18.1 Å². The average Bonchev–Trinajstić information content (AvgIpc) is 2.28. The van der Waals surface area contributed by atoms with Crippen LogP contribution in [0.1, 0.15) is 0 Å². The summed E-state index contributed by atoms with van der Waals surface area (Å²) in [7, 11) is 0. The molecule has 17 heavy (non-hydrogen) atoms. The third-order valence-electron chi connectivity index (χ3n) is 1.71. The van der Waals surface area contributed by atoms with Gasteiger partial charge in [0.15, 0.2) is 5.75 Å². The number of hydrogen-bond donors (Lipinski definition) is 0. The summed E-state index contributed by atoms with van der Waals surface area (Å²) in [6.07, 6.45) is 0. The molecule has 90 valence electrons. The van der Waals surface area contributed by atoms with E-state index in [0.29, 0.717) is 0 Å². The van der Waals surface area contributed by atoms with Gasteiger partial charge in [0.05, 0.1) is 28.1 Å². The van der Waals surface area contributed by atoms with E-state index in [9.17, 15) is 10.1 Å². The lowest BCUT2D eigenvalue weighted by Gasteiger charge is -2.06. The summed E-state index contributed by atoms with van der Waals surface area (Å²) in [6.45, 7) is 0.0801. The van der Waals surface area contributed by atoms with E-state index in [1.54, 1.807) is 0 Å². The van der Waals surface area contributed by atoms with Crippen molar-refractivity contribution in [3.05, 3.63) is 42.7 Å². The molecule has 0 aromatic heterocycles. The lowest BCUT2D eigenvalue weighted by Crippen LogP contribution is -2.03. The Bertz CT molecular complexity index is 488. The Morgan fingerprint density at radius 3 is 2.71 bits per heavy atom. The number of nitrogens with zero attached hydrogens (tertiary/aromatic N) is 4. The second-order valence-electron chi connectivity index (χ2n) is 2.79. The van der Waals surface area contributed by atoms with Gasteiger partial charge in [-0.05, 0) is 5.53 Å². The van der Waals surface area contributed by atoms with Crippen molar-refractivity contribution in [2.24, 2.45) is 5.11 Å². The van der Waals surface area contributed by atoms with Crippen LogP contribution >= 0.6 is 23.2 Å². The number of ether oxygens (including phenoxy) is 1. The molecule has 0 saturated carbocycles. The van der Waals surface area contributed by atoms with Crippen molar-refractivity contribution in [3.8, 4) is 5.75 Å². The van der Waals surface area contributed by atoms with Crippen LogP contribution in [0.5, 0.6) is 5.75 Å². The van der Waals surface area contributed by atoms with Gasteiger partial charge in [0.1, 0.15) is 0 Å². The quantitative estimate of drug-likeness (QED) is 0.205. The van der Waals surface area contributed by atoms with E-state index in [-0.39, 0.29) is 34.6 Å². The molecule has 0 atom stereocenters. The Labute approximate surface area is 106 Å². The summed E-state index contributed by atoms with van der Waals surface area (Å²) in [4.78, 5) is 12.6. The van der Waals surface area contributed by atoms with Crippen LogP contribution in [0.3, 0.4) is 0 Å². The number of hydrogen-bond acceptors (Lipinski definition) is 4. The summed E-state index contributed by atoms with van der Waals surface area (Å²) in [6, 6.07) is 2.35. The van der Waals surface area contributed by atoms with Gasteiger partial charge in [-0.15, -0.1) is 0 Å². The largest absolute Gasteiger partial charge is 0.487 e. The fourth-order valence-corrected chi connectivity index (χ4v) is 1.33. The molecule has 7 nitrogen and oxygen atoms in total. The van der Waals surface area contributed by atoms with E-state index in [2.05, 4.69) is 10.0 Å². The smallest absolute Gasteiger partial charge is 0.312 e. The zero-order valence-electron chi connectivity index (χ0n) is 8.34. The van der Waals surface area contributed by atoms with E-state index >= 15 is 0 Å². The normalized spacial score (nSPS) is 9.53. The molecule has 9 heteroatoms. The Kier molecular flexibility index (Phi) is 4.84. The second kappa shape index (κ2) is 6.15. The number of rotatable bonds is 5. The standard InChI is InChI=1S/C8H6Cl2N4O3/c9-5-3-7(14(15)16)8(4-6(5)10)17-2-1-12-13-11/h3-4H,1-2H2. The maximum atomic E-state index is 10.7. The van der Waals surface area contributed by atoms with E-state index in [1.807, 2.05) is 0 Å². The minimum Gasteiger partial charge on any atom is -0.487 e. The van der Waals surface area contributed by atoms with E-state index < -0.39 is 4.92 Å². The van der Waals surface area contributed by atoms with Gasteiger partial charge in [0.25, 0.3) is 0 Å². The summed E-state index contributed by atoms with van der Waals surface area (Å²) in [5.41, 5.74) is 7.75. The molecule has 0 amide bonds. The topological polar surface area (TPSA) is 101 Å². The fourth-order valence-electron chi connectivity index (χ4n) is 1.02. The van der Waals surface area contributed by atoms with Crippen molar-refractivity contribution in [3.63, 3.8) is 0 Å². The highest BCUT2D eigenvalue weighted by Gasteiger charge is 2.18. The van der Waals surface area contributed by atoms with E-state index in [0.717, 1.165) is 6.07 Å². The number of azide groups is 1. The minimum absolute atomic E-state index is 0.0162. The van der Waals surface area contributed by atoms with Gasteiger partial charge >= 0.3 is 5.69 Å². The van der Waals surface area contributed by atoms with Crippen molar-refractivity contribution in [2.45, 2.75) is 0 Å². The molecule has 0 N–H and O–H groups in total. The molecule has 0 aliphatic heterocycles. The first-order valence-corrected chi connectivity index (χ1v) is 5.09. The number of nitro benzene ring substituents is 1. The monoisotopic (exact) mass is 276 g/mol. The third kappa shape index (κ3) is 3.67. The van der Waals surface area contributed by atoms with Crippen LogP contribution in [0.4, 0.5) is 5.69 Å². The SMILES string of the molecule is [N-]=[N+]=NCCOc1cc(Cl)c(Cl)cc1[N+](=O)[O-]. The molecule has 0 aliphatic rings. The molecule has 0 fully saturated rings. The predicted octanol–water partition coefficient (Wildman–Crippen LogP) is 3.59. The Balaban J connectivity index is 2.92. The molecular formula is C8H6Cl2N4O3. The maximum absolute atomic E-state index is 10.7. The first-order valence-electron chi connectivity index (χ1n) is 4.33. The Hall–Kier alpha value is -1.69. The molecule has 1 rings (SSSR count). The molecule has 0 heterocycles. The zero-order chi connectivity index (χ0) is 12.8. The summed E-state index contributed by atoms with van der Waals surface area (Å²) >= 11 is 11.4. The summed E-state index contributed by atoms with van der Waals surface area (Å²) < 4.78 is 5.09. The van der Waals surface area contributed by atoms with E-state index in [4.69, 9.17) is 33.5 Å². The molecule has 0 unspecified atom stereocenters. The van der Waals surface area contributed by atoms with Crippen LogP contribution in [0, 0.1) is 10.1 Å². The molecule has 0 saturated heterocycles. The Morgan fingerprint density at radius 2 is 2.12 bits per heavy atom. The van der Waals surface area contributed by atoms with Crippen molar-refractivity contribution < 1.29 is 9.66 Å². The van der Waals surface area contributed by atoms with Gasteiger partial charge in [-0.2, -0.15) is 0 Å². The highest BCUT2D eigenvalue weighted by Crippen LogP contribution is 2.35. The van der Waals surface area contributed by atoms with Gasteiger partial charge in [-0.1, -0.05) is 28.3 Å². The van der Waals surface area contributed by atoms with E-state index in [1.165, 1.54) is 6.07 Å². The molecule has 0 spiro atoms. The highest BCUT2D eigenvalue weighted by atomic mass is 35.5. The first-order chi connectivity index (χ1) is 8.06. The number of benzene rings is 1. The third-order valence-corrected chi connectivity index (χ3v) is 2.43. The molecule has 0 bridgehead atoms. The van der Waals surface area contributed by atoms with Crippen molar-refractivity contribution in [2.75, 3.05) is 13.2 Å². The summed E-state index contributed by atoms with van der Waals surface area (Å²) in [5.74, 6) is -0.0162. The van der Waals surface area contributed by atoms with Crippen LogP contribution < -0.4 is 4.74 Å². The van der Waals surface area contributed by atoms with Crippen molar-refractivity contribution in [1.82, 2.24) is 0 Å². The van der Waals surface area contributed by atoms with Gasteiger partial charge in [0.2, 0.25) is 0 Å². The first kappa shape index (κ1) is 13.4. The molecule has 0 aliphatic carbocycles. The number of halogens is 2. The van der Waals surface area contributed by atoms with Gasteiger partial charge in [0, 0.05) is 17.0 Å². The van der Waals surface area contributed by atoms with Crippen molar-refractivity contribution in [1.29, 1.82) is 0 Å². The average molecular weight is 277 g/mol. The van der Waals surface area contributed by atoms with Crippen molar-refractivity contribution >= 4 is 28.9 Å². The fraction of sp³-hybridized carbons (Fsp3) is 0.250. The minimum atomic E-state index is -0.634. The van der Waals surface area contributed by atoms with Crippen LogP contribution in [0.2, 0.25) is 10.0 Å². The predicted molar refractivity (Wildman–Crippen MR) is 62.6 cm³/mol.